The van der Waals surface area contributed by atoms with Gasteiger partial charge in [-0.3, -0.25) is 0 Å². The van der Waals surface area contributed by atoms with Crippen molar-refractivity contribution < 1.29 is 9.47 Å². The molecule has 0 heterocycles. The van der Waals surface area contributed by atoms with Gasteiger partial charge in [0.2, 0.25) is 0 Å². The summed E-state index contributed by atoms with van der Waals surface area (Å²) >= 11 is 3.56. The highest BCUT2D eigenvalue weighted by Crippen LogP contribution is 2.29. The van der Waals surface area contributed by atoms with Crippen LogP contribution in [-0.2, 0) is 11.3 Å². The summed E-state index contributed by atoms with van der Waals surface area (Å²) in [6.07, 6.45) is 2.35. The van der Waals surface area contributed by atoms with Gasteiger partial charge in [-0.2, -0.15) is 0 Å². The van der Waals surface area contributed by atoms with Crippen LogP contribution in [0.5, 0.6) is 5.75 Å². The highest BCUT2D eigenvalue weighted by Gasteiger charge is 2.13. The first-order chi connectivity index (χ1) is 9.62. The summed E-state index contributed by atoms with van der Waals surface area (Å²) in [5.41, 5.74) is 2.37. The second kappa shape index (κ2) is 9.37. The number of rotatable bonds is 9. The van der Waals surface area contributed by atoms with Gasteiger partial charge in [0, 0.05) is 30.2 Å². The maximum atomic E-state index is 6.19. The molecular weight excluding hydrogens is 318 g/mol. The number of ether oxygens (including phenoxy) is 2. The van der Waals surface area contributed by atoms with E-state index in [-0.39, 0.29) is 6.10 Å². The van der Waals surface area contributed by atoms with E-state index in [1.807, 2.05) is 0 Å². The lowest BCUT2D eigenvalue weighted by Gasteiger charge is -2.21. The molecule has 0 unspecified atom stereocenters. The van der Waals surface area contributed by atoms with Crippen LogP contribution >= 0.6 is 15.9 Å². The molecular formula is C16H26BrNO2. The lowest BCUT2D eigenvalue weighted by atomic mass is 10.1. The van der Waals surface area contributed by atoms with Crippen LogP contribution in [0.2, 0.25) is 0 Å². The highest BCUT2D eigenvalue weighted by atomic mass is 79.9. The zero-order valence-corrected chi connectivity index (χ0v) is 14.5. The second-order valence-corrected chi connectivity index (χ2v) is 5.85. The minimum atomic E-state index is 0.285. The van der Waals surface area contributed by atoms with E-state index in [9.17, 15) is 0 Å². The molecule has 1 aromatic carbocycles. The number of aryl methyl sites for hydroxylation is 1. The van der Waals surface area contributed by atoms with Crippen molar-refractivity contribution in [1.82, 2.24) is 5.32 Å². The summed E-state index contributed by atoms with van der Waals surface area (Å²) < 4.78 is 12.3. The van der Waals surface area contributed by atoms with Crippen molar-refractivity contribution in [1.29, 1.82) is 0 Å². The third-order valence-corrected chi connectivity index (χ3v) is 3.77. The molecule has 0 radical (unpaired) electrons. The summed E-state index contributed by atoms with van der Waals surface area (Å²) in [6.45, 7) is 8.78. The number of nitrogens with one attached hydrogen (secondary N) is 1. The molecule has 4 heteroatoms. The first-order valence-electron chi connectivity index (χ1n) is 7.27. The van der Waals surface area contributed by atoms with Gasteiger partial charge in [0.05, 0.1) is 12.7 Å². The maximum Gasteiger partial charge on any atom is 0.127 e. The fourth-order valence-corrected chi connectivity index (χ4v) is 2.74. The zero-order valence-electron chi connectivity index (χ0n) is 13.0. The fourth-order valence-electron chi connectivity index (χ4n) is 2.12. The van der Waals surface area contributed by atoms with Gasteiger partial charge in [-0.1, -0.05) is 29.8 Å². The Morgan fingerprint density at radius 2 is 1.95 bits per heavy atom. The Kier molecular flexibility index (Phi) is 8.19. The van der Waals surface area contributed by atoms with E-state index in [0.717, 1.165) is 42.8 Å². The zero-order chi connectivity index (χ0) is 15.0. The third-order valence-electron chi connectivity index (χ3n) is 3.31. The topological polar surface area (TPSA) is 30.5 Å². The summed E-state index contributed by atoms with van der Waals surface area (Å²) in [5, 5.41) is 3.38. The largest absolute Gasteiger partial charge is 0.490 e. The number of benzene rings is 1. The summed E-state index contributed by atoms with van der Waals surface area (Å²) in [5.74, 6) is 1.02. The first kappa shape index (κ1) is 17.5. The van der Waals surface area contributed by atoms with Crippen molar-refractivity contribution in [2.24, 2.45) is 0 Å². The molecule has 0 saturated heterocycles. The summed E-state index contributed by atoms with van der Waals surface area (Å²) in [6, 6.07) is 4.24. The van der Waals surface area contributed by atoms with Crippen molar-refractivity contribution in [2.75, 3.05) is 20.3 Å². The molecule has 3 nitrogen and oxygen atoms in total. The van der Waals surface area contributed by atoms with Gasteiger partial charge in [0.25, 0.3) is 0 Å². The smallest absolute Gasteiger partial charge is 0.127 e. The van der Waals surface area contributed by atoms with Crippen LogP contribution in [-0.4, -0.2) is 26.4 Å². The fraction of sp³-hybridized carbons (Fsp3) is 0.625. The van der Waals surface area contributed by atoms with Gasteiger partial charge in [-0.15, -0.1) is 0 Å². The van der Waals surface area contributed by atoms with E-state index >= 15 is 0 Å². The minimum absolute atomic E-state index is 0.285. The minimum Gasteiger partial charge on any atom is -0.490 e. The predicted octanol–water partition coefficient (Wildman–Crippen LogP) is 4.06. The molecule has 1 rings (SSSR count). The average Bonchev–Trinajstić information content (AvgIpc) is 2.43. The Balaban J connectivity index is 2.83. The van der Waals surface area contributed by atoms with Crippen molar-refractivity contribution in [3.8, 4) is 5.75 Å². The van der Waals surface area contributed by atoms with Gasteiger partial charge in [0.1, 0.15) is 5.75 Å². The predicted molar refractivity (Wildman–Crippen MR) is 87.5 cm³/mol. The van der Waals surface area contributed by atoms with E-state index in [4.69, 9.17) is 9.47 Å². The third kappa shape index (κ3) is 5.43. The van der Waals surface area contributed by atoms with Crippen LogP contribution in [0.3, 0.4) is 0 Å². The Morgan fingerprint density at radius 1 is 1.25 bits per heavy atom. The molecule has 0 spiro atoms. The van der Waals surface area contributed by atoms with Crippen LogP contribution in [0.1, 0.15) is 37.8 Å². The number of halogens is 1. The molecule has 0 aliphatic heterocycles. The molecule has 0 atom stereocenters. The molecule has 0 amide bonds. The highest BCUT2D eigenvalue weighted by molar-refractivity contribution is 9.10. The molecule has 1 aromatic rings. The molecule has 0 aromatic heterocycles. The standard InChI is InChI=1S/C16H26BrNO2/c1-5-15(6-2)20-16-12(3)9-14(17)10-13(16)11-18-7-8-19-4/h9-10,15,18H,5-8,11H2,1-4H3. The van der Waals surface area contributed by atoms with Gasteiger partial charge in [0.15, 0.2) is 0 Å². The van der Waals surface area contributed by atoms with Crippen molar-refractivity contribution >= 4 is 15.9 Å². The van der Waals surface area contributed by atoms with E-state index in [1.165, 1.54) is 11.1 Å². The molecule has 0 saturated carbocycles. The monoisotopic (exact) mass is 343 g/mol. The van der Waals surface area contributed by atoms with Gasteiger partial charge >= 0.3 is 0 Å². The van der Waals surface area contributed by atoms with E-state index in [0.29, 0.717) is 0 Å². The van der Waals surface area contributed by atoms with Gasteiger partial charge in [-0.25, -0.2) is 0 Å². The summed E-state index contributed by atoms with van der Waals surface area (Å²) in [4.78, 5) is 0. The lowest BCUT2D eigenvalue weighted by molar-refractivity contribution is 0.187. The normalized spacial score (nSPS) is 11.1. The molecule has 0 fully saturated rings. The van der Waals surface area contributed by atoms with Gasteiger partial charge in [-0.05, 0) is 37.5 Å². The van der Waals surface area contributed by atoms with Crippen molar-refractivity contribution in [3.05, 3.63) is 27.7 Å². The maximum absolute atomic E-state index is 6.19. The van der Waals surface area contributed by atoms with E-state index < -0.39 is 0 Å². The summed E-state index contributed by atoms with van der Waals surface area (Å²) in [7, 11) is 1.71. The van der Waals surface area contributed by atoms with Crippen LogP contribution in [0.4, 0.5) is 0 Å². The Labute approximate surface area is 131 Å². The van der Waals surface area contributed by atoms with E-state index in [2.05, 4.69) is 54.2 Å². The quantitative estimate of drug-likeness (QED) is 0.685. The van der Waals surface area contributed by atoms with Crippen LogP contribution in [0.25, 0.3) is 0 Å². The van der Waals surface area contributed by atoms with Gasteiger partial charge < -0.3 is 14.8 Å². The van der Waals surface area contributed by atoms with Crippen LogP contribution < -0.4 is 10.1 Å². The second-order valence-electron chi connectivity index (χ2n) is 4.94. The Bertz CT molecular complexity index is 406. The molecule has 0 aliphatic rings. The lowest BCUT2D eigenvalue weighted by Crippen LogP contribution is -2.21. The average molecular weight is 344 g/mol. The molecule has 114 valence electrons. The van der Waals surface area contributed by atoms with Crippen molar-refractivity contribution in [3.63, 3.8) is 0 Å². The van der Waals surface area contributed by atoms with Crippen LogP contribution in [0.15, 0.2) is 16.6 Å². The Hall–Kier alpha value is -0.580. The molecule has 0 bridgehead atoms. The first-order valence-corrected chi connectivity index (χ1v) is 8.06. The Morgan fingerprint density at radius 3 is 2.55 bits per heavy atom. The van der Waals surface area contributed by atoms with Crippen molar-refractivity contribution in [2.45, 2.75) is 46.3 Å². The van der Waals surface area contributed by atoms with Crippen LogP contribution in [0, 0.1) is 6.92 Å². The number of hydrogen-bond acceptors (Lipinski definition) is 3. The SMILES string of the molecule is CCC(CC)Oc1c(C)cc(Br)cc1CNCCOC. The molecule has 0 aliphatic carbocycles. The molecule has 20 heavy (non-hydrogen) atoms. The number of hydrogen-bond donors (Lipinski definition) is 1. The van der Waals surface area contributed by atoms with E-state index in [1.54, 1.807) is 7.11 Å². The number of methoxy groups -OCH3 is 1. The molecule has 1 N–H and O–H groups in total.